The number of nitrogens with zero attached hydrogens (tertiary/aromatic N) is 1. The highest BCUT2D eigenvalue weighted by Gasteiger charge is 2.23. The molecule has 3 rings (SSSR count). The monoisotopic (exact) mass is 264 g/mol. The van der Waals surface area contributed by atoms with E-state index in [1.807, 2.05) is 0 Å². The molecule has 1 N–H and O–H groups in total. The number of alkyl halides is 1. The molecule has 0 radical (unpaired) electrons. The van der Waals surface area contributed by atoms with Crippen LogP contribution in [0.3, 0.4) is 0 Å². The Morgan fingerprint density at radius 1 is 1.39 bits per heavy atom. The fourth-order valence-electron chi connectivity index (χ4n) is 2.10. The summed E-state index contributed by atoms with van der Waals surface area (Å²) >= 11 is 5.94. The molecule has 1 aliphatic rings. The van der Waals surface area contributed by atoms with Crippen molar-refractivity contribution in [1.29, 1.82) is 0 Å². The maximum absolute atomic E-state index is 13.1. The van der Waals surface area contributed by atoms with Gasteiger partial charge in [-0.05, 0) is 30.7 Å². The lowest BCUT2D eigenvalue weighted by molar-refractivity contribution is -0.113. The number of hydrogen-bond donors (Lipinski definition) is 1. The number of nitrogens with one attached hydrogen (secondary N) is 1. The molecule has 2 heterocycles. The molecule has 18 heavy (non-hydrogen) atoms. The third kappa shape index (κ3) is 1.93. The van der Waals surface area contributed by atoms with E-state index in [0.717, 1.165) is 10.9 Å². The zero-order valence-electron chi connectivity index (χ0n) is 9.41. The van der Waals surface area contributed by atoms with E-state index in [1.54, 1.807) is 12.1 Å². The molecule has 0 bridgehead atoms. The average Bonchev–Trinajstić information content (AvgIpc) is 2.74. The molecule has 3 nitrogen and oxygen atoms in total. The molecule has 1 unspecified atom stereocenters. The summed E-state index contributed by atoms with van der Waals surface area (Å²) < 4.78 is 13.1. The maximum atomic E-state index is 13.1. The molecule has 1 atom stereocenters. The minimum atomic E-state index is -0.360. The third-order valence-corrected chi connectivity index (χ3v) is 3.30. The van der Waals surface area contributed by atoms with Crippen LogP contribution in [0, 0.1) is 5.82 Å². The Morgan fingerprint density at radius 3 is 3.06 bits per heavy atom. The number of carbonyl (C=O) groups excluding carboxylic acids is 1. The van der Waals surface area contributed by atoms with Gasteiger partial charge in [-0.1, -0.05) is 11.6 Å². The van der Waals surface area contributed by atoms with Crippen LogP contribution in [0.4, 0.5) is 4.39 Å². The second-order valence-corrected chi connectivity index (χ2v) is 4.79. The van der Waals surface area contributed by atoms with Gasteiger partial charge in [0.2, 0.25) is 0 Å². The van der Waals surface area contributed by atoms with E-state index in [9.17, 15) is 9.18 Å². The second-order valence-electron chi connectivity index (χ2n) is 4.29. The minimum Gasteiger partial charge on any atom is -0.353 e. The van der Waals surface area contributed by atoms with Crippen LogP contribution in [0.15, 0.2) is 29.3 Å². The smallest absolute Gasteiger partial charge is 0.183 e. The van der Waals surface area contributed by atoms with Gasteiger partial charge >= 0.3 is 0 Å². The number of H-pyrrole nitrogens is 1. The van der Waals surface area contributed by atoms with Gasteiger partial charge in [0.1, 0.15) is 17.0 Å². The van der Waals surface area contributed by atoms with Crippen molar-refractivity contribution >= 4 is 34.0 Å². The third-order valence-electron chi connectivity index (χ3n) is 2.98. The van der Waals surface area contributed by atoms with Crippen LogP contribution in [-0.4, -0.2) is 22.0 Å². The van der Waals surface area contributed by atoms with Crippen molar-refractivity contribution in [3.63, 3.8) is 0 Å². The van der Waals surface area contributed by atoms with Gasteiger partial charge in [0.05, 0.1) is 5.69 Å². The van der Waals surface area contributed by atoms with Crippen LogP contribution < -0.4 is 0 Å². The quantitative estimate of drug-likeness (QED) is 0.624. The Morgan fingerprint density at radius 2 is 2.22 bits per heavy atom. The summed E-state index contributed by atoms with van der Waals surface area (Å²) in [4.78, 5) is 19.0. The number of benzene rings is 1. The van der Waals surface area contributed by atoms with Gasteiger partial charge in [0.25, 0.3) is 0 Å². The lowest BCUT2D eigenvalue weighted by Gasteiger charge is -2.13. The van der Waals surface area contributed by atoms with E-state index < -0.39 is 0 Å². The van der Waals surface area contributed by atoms with Crippen molar-refractivity contribution in [3.8, 4) is 0 Å². The van der Waals surface area contributed by atoms with Gasteiger partial charge in [0, 0.05) is 17.3 Å². The molecule has 0 saturated carbocycles. The Bertz CT molecular complexity index is 662. The minimum absolute atomic E-state index is 0.0288. The first-order valence-corrected chi connectivity index (χ1v) is 6.11. The van der Waals surface area contributed by atoms with Crippen LogP contribution in [-0.2, 0) is 4.79 Å². The van der Waals surface area contributed by atoms with Gasteiger partial charge < -0.3 is 4.98 Å². The lowest BCUT2D eigenvalue weighted by Crippen LogP contribution is -2.23. The summed E-state index contributed by atoms with van der Waals surface area (Å²) in [5, 5.41) is 0.720. The number of halogens is 2. The number of carbonyl (C=O) groups is 1. The van der Waals surface area contributed by atoms with Crippen molar-refractivity contribution in [3.05, 3.63) is 35.8 Å². The molecular formula is C13H10ClFN2O. The standard InChI is InChI=1S/C13H10ClFN2O/c14-12-4-3-11(18)13(17-12)10-6-7-5-8(15)1-2-9(7)16-10/h1-2,5-6,12,16H,3-4H2. The van der Waals surface area contributed by atoms with Crippen molar-refractivity contribution in [2.24, 2.45) is 4.99 Å². The summed E-state index contributed by atoms with van der Waals surface area (Å²) in [6.07, 6.45) is 0.968. The summed E-state index contributed by atoms with van der Waals surface area (Å²) in [5.41, 5.74) is 1.38. The van der Waals surface area contributed by atoms with E-state index in [1.165, 1.54) is 12.1 Å². The number of aliphatic imine (C=N–C) groups is 1. The predicted molar refractivity (Wildman–Crippen MR) is 68.7 cm³/mol. The van der Waals surface area contributed by atoms with E-state index in [2.05, 4.69) is 9.98 Å². The Labute approximate surface area is 108 Å². The number of rotatable bonds is 1. The highest BCUT2D eigenvalue weighted by Crippen LogP contribution is 2.21. The molecule has 0 spiro atoms. The molecular weight excluding hydrogens is 255 g/mol. The number of Topliss-reactive ketones (excluding diaryl/α,β-unsaturated/α-hetero) is 1. The number of aromatic amines is 1. The number of fused-ring (bicyclic) bond motifs is 1. The molecule has 0 aliphatic carbocycles. The largest absolute Gasteiger partial charge is 0.353 e. The van der Waals surface area contributed by atoms with Crippen molar-refractivity contribution in [2.45, 2.75) is 18.3 Å². The molecule has 0 saturated heterocycles. The Balaban J connectivity index is 2.11. The summed E-state index contributed by atoms with van der Waals surface area (Å²) in [6.45, 7) is 0. The SMILES string of the molecule is O=C1CCC(Cl)N=C1c1cc2cc(F)ccc2[nH]1. The maximum Gasteiger partial charge on any atom is 0.183 e. The Kier molecular flexibility index (Phi) is 2.67. The van der Waals surface area contributed by atoms with Crippen LogP contribution >= 0.6 is 11.6 Å². The molecule has 1 aliphatic heterocycles. The first-order chi connectivity index (χ1) is 8.63. The first-order valence-electron chi connectivity index (χ1n) is 5.67. The second kappa shape index (κ2) is 4.21. The summed E-state index contributed by atoms with van der Waals surface area (Å²) in [6, 6.07) is 6.16. The van der Waals surface area contributed by atoms with Gasteiger partial charge in [-0.2, -0.15) is 0 Å². The van der Waals surface area contributed by atoms with Crippen LogP contribution in [0.2, 0.25) is 0 Å². The molecule has 1 aromatic carbocycles. The predicted octanol–water partition coefficient (Wildman–Crippen LogP) is 3.02. The van der Waals surface area contributed by atoms with Gasteiger partial charge in [-0.15, -0.1) is 0 Å². The first kappa shape index (κ1) is 11.4. The van der Waals surface area contributed by atoms with E-state index in [-0.39, 0.29) is 17.1 Å². The fraction of sp³-hybridized carbons (Fsp3) is 0.231. The highest BCUT2D eigenvalue weighted by molar-refractivity contribution is 6.47. The molecule has 2 aromatic rings. The molecule has 0 fully saturated rings. The Hall–Kier alpha value is -1.68. The number of ketones is 1. The van der Waals surface area contributed by atoms with E-state index in [4.69, 9.17) is 11.6 Å². The lowest BCUT2D eigenvalue weighted by atomic mass is 10.0. The zero-order chi connectivity index (χ0) is 12.7. The zero-order valence-corrected chi connectivity index (χ0v) is 10.2. The average molecular weight is 265 g/mol. The highest BCUT2D eigenvalue weighted by atomic mass is 35.5. The van der Waals surface area contributed by atoms with Gasteiger partial charge in [-0.25, -0.2) is 4.39 Å². The van der Waals surface area contributed by atoms with Crippen LogP contribution in [0.1, 0.15) is 18.5 Å². The van der Waals surface area contributed by atoms with Crippen molar-refractivity contribution < 1.29 is 9.18 Å². The molecule has 1 aromatic heterocycles. The summed E-state index contributed by atoms with van der Waals surface area (Å²) in [5.74, 6) is -0.334. The van der Waals surface area contributed by atoms with Crippen molar-refractivity contribution in [2.75, 3.05) is 0 Å². The topological polar surface area (TPSA) is 45.2 Å². The van der Waals surface area contributed by atoms with Gasteiger partial charge in [-0.3, -0.25) is 9.79 Å². The molecule has 5 heteroatoms. The summed E-state index contributed by atoms with van der Waals surface area (Å²) in [7, 11) is 0. The normalized spacial score (nSPS) is 20.2. The fourth-order valence-corrected chi connectivity index (χ4v) is 2.30. The molecule has 92 valence electrons. The number of hydrogen-bond acceptors (Lipinski definition) is 2. The van der Waals surface area contributed by atoms with Crippen LogP contribution in [0.5, 0.6) is 0 Å². The van der Waals surface area contributed by atoms with E-state index in [0.29, 0.717) is 24.2 Å². The van der Waals surface area contributed by atoms with Crippen molar-refractivity contribution in [1.82, 2.24) is 4.98 Å². The van der Waals surface area contributed by atoms with E-state index >= 15 is 0 Å². The van der Waals surface area contributed by atoms with Gasteiger partial charge in [0.15, 0.2) is 5.78 Å². The van der Waals surface area contributed by atoms with Crippen LogP contribution in [0.25, 0.3) is 10.9 Å². The molecule has 0 amide bonds. The number of aromatic nitrogens is 1.